The van der Waals surface area contributed by atoms with Gasteiger partial charge in [0, 0.05) is 23.9 Å². The van der Waals surface area contributed by atoms with E-state index in [-0.39, 0.29) is 5.56 Å². The summed E-state index contributed by atoms with van der Waals surface area (Å²) in [4.78, 5) is 23.4. The fraction of sp³-hybridized carbons (Fsp3) is 0.286. The van der Waals surface area contributed by atoms with Crippen LogP contribution in [0.25, 0.3) is 20.4 Å². The Morgan fingerprint density at radius 1 is 1.19 bits per heavy atom. The average molecular weight is 396 g/mol. The number of pyridine rings is 1. The third-order valence-electron chi connectivity index (χ3n) is 4.67. The Labute approximate surface area is 166 Å². The molecule has 4 nitrogen and oxygen atoms in total. The van der Waals surface area contributed by atoms with Crippen molar-refractivity contribution in [3.8, 4) is 0 Å². The maximum Gasteiger partial charge on any atom is 0.272 e. The van der Waals surface area contributed by atoms with E-state index in [0.29, 0.717) is 11.2 Å². The van der Waals surface area contributed by atoms with E-state index < -0.39 is 0 Å². The van der Waals surface area contributed by atoms with E-state index in [1.807, 2.05) is 16.7 Å². The first-order valence-corrected chi connectivity index (χ1v) is 10.9. The maximum absolute atomic E-state index is 13.2. The van der Waals surface area contributed by atoms with Crippen LogP contribution in [0.15, 0.2) is 52.5 Å². The Balaban J connectivity index is 1.82. The molecule has 3 aromatic heterocycles. The lowest BCUT2D eigenvalue weighted by molar-refractivity contribution is 0.558. The molecule has 4 rings (SSSR count). The molecular weight excluding hydrogens is 374 g/mol. The van der Waals surface area contributed by atoms with E-state index >= 15 is 0 Å². The van der Waals surface area contributed by atoms with Crippen LogP contribution >= 0.6 is 23.1 Å². The zero-order chi connectivity index (χ0) is 18.8. The number of unbranched alkanes of at least 4 members (excludes halogenated alkanes) is 1. The zero-order valence-electron chi connectivity index (χ0n) is 15.4. The fourth-order valence-electron chi connectivity index (χ4n) is 3.08. The van der Waals surface area contributed by atoms with Crippen molar-refractivity contribution >= 4 is 43.5 Å². The fourth-order valence-corrected chi connectivity index (χ4v) is 5.20. The van der Waals surface area contributed by atoms with Crippen LogP contribution in [-0.2, 0) is 12.3 Å². The largest absolute Gasteiger partial charge is 0.286 e. The van der Waals surface area contributed by atoms with Crippen molar-refractivity contribution in [2.75, 3.05) is 0 Å². The molecule has 0 N–H and O–H groups in total. The number of thioether (sulfide) groups is 1. The van der Waals surface area contributed by atoms with Gasteiger partial charge in [-0.2, -0.15) is 0 Å². The Morgan fingerprint density at radius 3 is 2.85 bits per heavy atom. The molecule has 0 spiro atoms. The molecule has 1 aromatic carbocycles. The van der Waals surface area contributed by atoms with Gasteiger partial charge in [-0.25, -0.2) is 9.97 Å². The van der Waals surface area contributed by atoms with Crippen LogP contribution in [0.2, 0.25) is 0 Å². The van der Waals surface area contributed by atoms with Crippen LogP contribution in [-0.4, -0.2) is 14.5 Å². The molecule has 0 atom stereocenters. The molecule has 0 bridgehead atoms. The highest BCUT2D eigenvalue weighted by Gasteiger charge is 2.16. The van der Waals surface area contributed by atoms with Crippen molar-refractivity contribution < 1.29 is 0 Å². The first-order valence-electron chi connectivity index (χ1n) is 9.14. The van der Waals surface area contributed by atoms with Crippen LogP contribution in [0.4, 0.5) is 0 Å². The monoisotopic (exact) mass is 395 g/mol. The molecule has 0 radical (unpaired) electrons. The molecule has 3 heterocycles. The molecule has 0 unspecified atom stereocenters. The van der Waals surface area contributed by atoms with E-state index in [9.17, 15) is 4.79 Å². The molecule has 0 amide bonds. The number of hydrogen-bond acceptors (Lipinski definition) is 5. The van der Waals surface area contributed by atoms with Gasteiger partial charge in [0.05, 0.1) is 5.52 Å². The standard InChI is InChI=1S/C21H21N3OS2/c1-3-4-12-24-20(25)18-17(16-10-7-11-22-19(16)27-18)23-21(24)26-13-15-9-6-5-8-14(15)2/h5-11H,3-4,12-13H2,1-2H3. The highest BCUT2D eigenvalue weighted by atomic mass is 32.2. The van der Waals surface area contributed by atoms with Crippen molar-refractivity contribution in [3.63, 3.8) is 0 Å². The summed E-state index contributed by atoms with van der Waals surface area (Å²) in [5.41, 5.74) is 3.38. The summed E-state index contributed by atoms with van der Waals surface area (Å²) in [6.07, 6.45) is 3.77. The Kier molecular flexibility index (Phi) is 5.27. The highest BCUT2D eigenvalue weighted by molar-refractivity contribution is 7.98. The summed E-state index contributed by atoms with van der Waals surface area (Å²) in [6.45, 7) is 4.96. The Morgan fingerprint density at radius 2 is 2.04 bits per heavy atom. The summed E-state index contributed by atoms with van der Waals surface area (Å²) in [7, 11) is 0. The Bertz CT molecular complexity index is 1160. The minimum Gasteiger partial charge on any atom is -0.286 e. The van der Waals surface area contributed by atoms with Crippen LogP contribution in [0.3, 0.4) is 0 Å². The minimum atomic E-state index is 0.0590. The number of nitrogens with zero attached hydrogens (tertiary/aromatic N) is 3. The molecule has 27 heavy (non-hydrogen) atoms. The van der Waals surface area contributed by atoms with Crippen LogP contribution in [0.1, 0.15) is 30.9 Å². The second-order valence-electron chi connectivity index (χ2n) is 6.56. The number of fused-ring (bicyclic) bond motifs is 3. The molecule has 0 saturated heterocycles. The van der Waals surface area contributed by atoms with Gasteiger partial charge < -0.3 is 0 Å². The number of aryl methyl sites for hydroxylation is 1. The van der Waals surface area contributed by atoms with Gasteiger partial charge in [-0.15, -0.1) is 11.3 Å². The van der Waals surface area contributed by atoms with Crippen LogP contribution in [0, 0.1) is 6.92 Å². The Hall–Kier alpha value is -2.18. The van der Waals surface area contributed by atoms with E-state index in [2.05, 4.69) is 43.1 Å². The summed E-state index contributed by atoms with van der Waals surface area (Å²) >= 11 is 3.09. The molecule has 0 fully saturated rings. The smallest absolute Gasteiger partial charge is 0.272 e. The lowest BCUT2D eigenvalue weighted by Crippen LogP contribution is -2.22. The first kappa shape index (κ1) is 18.2. The predicted octanol–water partition coefficient (Wildman–Crippen LogP) is 5.41. The van der Waals surface area contributed by atoms with Crippen LogP contribution < -0.4 is 5.56 Å². The summed E-state index contributed by atoms with van der Waals surface area (Å²) in [6, 6.07) is 12.3. The maximum atomic E-state index is 13.2. The molecular formula is C21H21N3OS2. The molecule has 0 saturated carbocycles. The SMILES string of the molecule is CCCCn1c(SCc2ccccc2C)nc2c(sc3ncccc32)c1=O. The number of hydrogen-bond donors (Lipinski definition) is 0. The van der Waals surface area contributed by atoms with E-state index in [4.69, 9.17) is 4.98 Å². The second kappa shape index (κ2) is 7.82. The van der Waals surface area contributed by atoms with Crippen molar-refractivity contribution in [1.82, 2.24) is 14.5 Å². The third kappa shape index (κ3) is 3.51. The van der Waals surface area contributed by atoms with Gasteiger partial charge in [0.15, 0.2) is 5.16 Å². The highest BCUT2D eigenvalue weighted by Crippen LogP contribution is 2.31. The number of thiophene rings is 1. The van der Waals surface area contributed by atoms with E-state index in [1.54, 1.807) is 18.0 Å². The van der Waals surface area contributed by atoms with Crippen molar-refractivity contribution in [1.29, 1.82) is 0 Å². The van der Waals surface area contributed by atoms with Gasteiger partial charge in [-0.3, -0.25) is 9.36 Å². The van der Waals surface area contributed by atoms with Crippen molar-refractivity contribution in [2.24, 2.45) is 0 Å². The van der Waals surface area contributed by atoms with E-state index in [0.717, 1.165) is 39.5 Å². The zero-order valence-corrected chi connectivity index (χ0v) is 17.1. The quantitative estimate of drug-likeness (QED) is 0.324. The minimum absolute atomic E-state index is 0.0590. The van der Waals surface area contributed by atoms with Gasteiger partial charge in [0.1, 0.15) is 9.53 Å². The van der Waals surface area contributed by atoms with Crippen LogP contribution in [0.5, 0.6) is 0 Å². The summed E-state index contributed by atoms with van der Waals surface area (Å²) in [5.74, 6) is 0.803. The predicted molar refractivity (Wildman–Crippen MR) is 115 cm³/mol. The molecule has 6 heteroatoms. The van der Waals surface area contributed by atoms with Gasteiger partial charge in [-0.1, -0.05) is 49.4 Å². The molecule has 0 aliphatic carbocycles. The lowest BCUT2D eigenvalue weighted by Gasteiger charge is -2.12. The topological polar surface area (TPSA) is 47.8 Å². The molecule has 0 aliphatic rings. The summed E-state index contributed by atoms with van der Waals surface area (Å²) < 4.78 is 2.56. The molecule has 4 aromatic rings. The normalized spacial score (nSPS) is 11.5. The molecule has 138 valence electrons. The number of aromatic nitrogens is 3. The van der Waals surface area contributed by atoms with Crippen molar-refractivity contribution in [2.45, 2.75) is 44.1 Å². The van der Waals surface area contributed by atoms with Gasteiger partial charge in [0.2, 0.25) is 0 Å². The van der Waals surface area contributed by atoms with Gasteiger partial charge in [-0.05, 0) is 36.6 Å². The lowest BCUT2D eigenvalue weighted by atomic mass is 10.1. The number of benzene rings is 1. The van der Waals surface area contributed by atoms with Gasteiger partial charge in [0.25, 0.3) is 5.56 Å². The van der Waals surface area contributed by atoms with Crippen molar-refractivity contribution in [3.05, 3.63) is 64.1 Å². The average Bonchev–Trinajstić information content (AvgIpc) is 3.06. The van der Waals surface area contributed by atoms with E-state index in [1.165, 1.54) is 22.5 Å². The second-order valence-corrected chi connectivity index (χ2v) is 8.50. The third-order valence-corrected chi connectivity index (χ3v) is 6.79. The van der Waals surface area contributed by atoms with Gasteiger partial charge >= 0.3 is 0 Å². The summed E-state index contributed by atoms with van der Waals surface area (Å²) in [5, 5.41) is 1.77. The molecule has 0 aliphatic heterocycles. The first-order chi connectivity index (χ1) is 13.2. The number of rotatable bonds is 6.